The number of carbonyl (C=O) groups excluding carboxylic acids is 2. The van der Waals surface area contributed by atoms with Crippen LogP contribution in [-0.2, 0) is 6.42 Å². The van der Waals surface area contributed by atoms with Gasteiger partial charge in [0, 0.05) is 25.8 Å². The van der Waals surface area contributed by atoms with Gasteiger partial charge >= 0.3 is 0 Å². The highest BCUT2D eigenvalue weighted by molar-refractivity contribution is 5.99. The SMILES string of the molecule is CCCN(C(=O)c1c[nH]c(C(=O)N2CCCC2)c1)C1CCc2ccccc21. The van der Waals surface area contributed by atoms with Crippen molar-refractivity contribution in [3.63, 3.8) is 0 Å². The summed E-state index contributed by atoms with van der Waals surface area (Å²) in [5, 5.41) is 0. The molecule has 2 aromatic rings. The van der Waals surface area contributed by atoms with Crippen molar-refractivity contribution in [1.29, 1.82) is 0 Å². The number of benzene rings is 1. The molecule has 1 atom stereocenters. The van der Waals surface area contributed by atoms with Gasteiger partial charge in [0.1, 0.15) is 5.69 Å². The molecule has 142 valence electrons. The number of aromatic nitrogens is 1. The number of amides is 2. The molecule has 5 nitrogen and oxygen atoms in total. The highest BCUT2D eigenvalue weighted by atomic mass is 16.2. The fourth-order valence-electron chi connectivity index (χ4n) is 4.40. The monoisotopic (exact) mass is 365 g/mol. The maximum absolute atomic E-state index is 13.3. The van der Waals surface area contributed by atoms with Crippen molar-refractivity contribution in [2.45, 2.75) is 45.1 Å². The van der Waals surface area contributed by atoms with E-state index in [9.17, 15) is 9.59 Å². The molecule has 4 rings (SSSR count). The molecule has 2 heterocycles. The lowest BCUT2D eigenvalue weighted by Crippen LogP contribution is -2.34. The first-order valence-corrected chi connectivity index (χ1v) is 10.1. The number of nitrogens with one attached hydrogen (secondary N) is 1. The van der Waals surface area contributed by atoms with Crippen LogP contribution in [-0.4, -0.2) is 46.2 Å². The Morgan fingerprint density at radius 3 is 2.78 bits per heavy atom. The Bertz CT molecular complexity index is 836. The summed E-state index contributed by atoms with van der Waals surface area (Å²) in [4.78, 5) is 32.7. The zero-order chi connectivity index (χ0) is 18.8. The van der Waals surface area contributed by atoms with E-state index in [1.807, 2.05) is 9.80 Å². The minimum atomic E-state index is -0.000182. The molecule has 1 N–H and O–H groups in total. The van der Waals surface area contributed by atoms with E-state index in [-0.39, 0.29) is 17.9 Å². The molecule has 1 aliphatic heterocycles. The highest BCUT2D eigenvalue weighted by Gasteiger charge is 2.31. The van der Waals surface area contributed by atoms with Crippen LogP contribution in [0.15, 0.2) is 36.5 Å². The standard InChI is InChI=1S/C22H27N3O2/c1-2-11-25(20-10-9-16-7-3-4-8-18(16)20)21(26)17-14-19(23-15-17)22(27)24-12-5-6-13-24/h3-4,7-8,14-15,20,23H,2,5-6,9-13H2,1H3. The van der Waals surface area contributed by atoms with Crippen LogP contribution < -0.4 is 0 Å². The van der Waals surface area contributed by atoms with Gasteiger partial charge in [-0.3, -0.25) is 9.59 Å². The lowest BCUT2D eigenvalue weighted by atomic mass is 10.1. The molecular weight excluding hydrogens is 338 g/mol. The van der Waals surface area contributed by atoms with Crippen LogP contribution in [0.1, 0.15) is 70.6 Å². The number of likely N-dealkylation sites (tertiary alicyclic amines) is 1. The summed E-state index contributed by atoms with van der Waals surface area (Å²) in [6, 6.07) is 10.3. The van der Waals surface area contributed by atoms with Crippen molar-refractivity contribution in [3.8, 4) is 0 Å². The average molecular weight is 365 g/mol. The van der Waals surface area contributed by atoms with Crippen molar-refractivity contribution in [2.75, 3.05) is 19.6 Å². The van der Waals surface area contributed by atoms with E-state index in [4.69, 9.17) is 0 Å². The van der Waals surface area contributed by atoms with Gasteiger partial charge in [0.15, 0.2) is 0 Å². The Kier molecular flexibility index (Phi) is 5.01. The van der Waals surface area contributed by atoms with E-state index in [1.165, 1.54) is 11.1 Å². The van der Waals surface area contributed by atoms with Gasteiger partial charge in [-0.15, -0.1) is 0 Å². The Labute approximate surface area is 160 Å². The van der Waals surface area contributed by atoms with E-state index in [2.05, 4.69) is 36.2 Å². The van der Waals surface area contributed by atoms with Crippen LogP contribution >= 0.6 is 0 Å². The molecule has 0 bridgehead atoms. The summed E-state index contributed by atoms with van der Waals surface area (Å²) in [6.07, 6.45) is 6.70. The molecular formula is C22H27N3O2. The minimum Gasteiger partial charge on any atom is -0.356 e. The van der Waals surface area contributed by atoms with E-state index >= 15 is 0 Å². The van der Waals surface area contributed by atoms with Crippen LogP contribution in [0.5, 0.6) is 0 Å². The second-order valence-corrected chi connectivity index (χ2v) is 7.55. The zero-order valence-corrected chi connectivity index (χ0v) is 15.9. The molecule has 1 aliphatic carbocycles. The number of hydrogen-bond donors (Lipinski definition) is 1. The van der Waals surface area contributed by atoms with E-state index in [0.717, 1.165) is 51.7 Å². The number of aromatic amines is 1. The second kappa shape index (κ2) is 7.59. The first-order valence-electron chi connectivity index (χ1n) is 10.1. The Hall–Kier alpha value is -2.56. The maximum Gasteiger partial charge on any atom is 0.270 e. The van der Waals surface area contributed by atoms with E-state index in [0.29, 0.717) is 11.3 Å². The predicted octanol–water partition coefficient (Wildman–Crippen LogP) is 3.79. The van der Waals surface area contributed by atoms with Crippen molar-refractivity contribution in [2.24, 2.45) is 0 Å². The topological polar surface area (TPSA) is 56.4 Å². The van der Waals surface area contributed by atoms with Crippen molar-refractivity contribution in [3.05, 3.63) is 58.9 Å². The van der Waals surface area contributed by atoms with Crippen LogP contribution in [0.2, 0.25) is 0 Å². The van der Waals surface area contributed by atoms with Gasteiger partial charge in [-0.05, 0) is 49.3 Å². The average Bonchev–Trinajstić information content (AvgIpc) is 3.45. The van der Waals surface area contributed by atoms with Gasteiger partial charge in [-0.1, -0.05) is 31.2 Å². The molecule has 2 amide bonds. The molecule has 0 saturated carbocycles. The molecule has 0 radical (unpaired) electrons. The number of carbonyl (C=O) groups is 2. The molecule has 1 fully saturated rings. The molecule has 1 aromatic heterocycles. The van der Waals surface area contributed by atoms with Crippen LogP contribution in [0.25, 0.3) is 0 Å². The second-order valence-electron chi connectivity index (χ2n) is 7.55. The zero-order valence-electron chi connectivity index (χ0n) is 15.9. The molecule has 1 saturated heterocycles. The van der Waals surface area contributed by atoms with E-state index < -0.39 is 0 Å². The molecule has 2 aliphatic rings. The third-order valence-corrected chi connectivity index (χ3v) is 5.76. The van der Waals surface area contributed by atoms with E-state index in [1.54, 1.807) is 12.3 Å². The first kappa shape index (κ1) is 17.8. The normalized spacial score (nSPS) is 18.6. The quantitative estimate of drug-likeness (QED) is 0.876. The number of nitrogens with zero attached hydrogens (tertiary/aromatic N) is 2. The van der Waals surface area contributed by atoms with Crippen LogP contribution in [0.3, 0.4) is 0 Å². The predicted molar refractivity (Wildman–Crippen MR) is 105 cm³/mol. The number of rotatable bonds is 5. The molecule has 1 unspecified atom stereocenters. The summed E-state index contributed by atoms with van der Waals surface area (Å²) in [5.41, 5.74) is 3.71. The smallest absolute Gasteiger partial charge is 0.270 e. The Balaban J connectivity index is 1.56. The first-order chi connectivity index (χ1) is 13.2. The summed E-state index contributed by atoms with van der Waals surface area (Å²) in [7, 11) is 0. The Morgan fingerprint density at radius 1 is 1.22 bits per heavy atom. The van der Waals surface area contributed by atoms with Crippen LogP contribution in [0, 0.1) is 0 Å². The molecule has 0 spiro atoms. The minimum absolute atomic E-state index is 0.000182. The number of fused-ring (bicyclic) bond motifs is 1. The van der Waals surface area contributed by atoms with Gasteiger partial charge in [-0.2, -0.15) is 0 Å². The Morgan fingerprint density at radius 2 is 2.00 bits per heavy atom. The van der Waals surface area contributed by atoms with Gasteiger partial charge in [0.25, 0.3) is 11.8 Å². The number of hydrogen-bond acceptors (Lipinski definition) is 2. The summed E-state index contributed by atoms with van der Waals surface area (Å²) < 4.78 is 0. The number of aryl methyl sites for hydroxylation is 1. The number of H-pyrrole nitrogens is 1. The van der Waals surface area contributed by atoms with Gasteiger partial charge in [-0.25, -0.2) is 0 Å². The summed E-state index contributed by atoms with van der Waals surface area (Å²) in [5.74, 6) is 0.00933. The summed E-state index contributed by atoms with van der Waals surface area (Å²) in [6.45, 7) is 4.43. The fraction of sp³-hybridized carbons (Fsp3) is 0.455. The van der Waals surface area contributed by atoms with Crippen molar-refractivity contribution >= 4 is 11.8 Å². The third-order valence-electron chi connectivity index (χ3n) is 5.76. The lowest BCUT2D eigenvalue weighted by molar-refractivity contribution is 0.0676. The third kappa shape index (κ3) is 3.38. The molecule has 27 heavy (non-hydrogen) atoms. The van der Waals surface area contributed by atoms with Crippen molar-refractivity contribution in [1.82, 2.24) is 14.8 Å². The maximum atomic E-state index is 13.3. The fourth-order valence-corrected chi connectivity index (χ4v) is 4.40. The van der Waals surface area contributed by atoms with Gasteiger partial charge < -0.3 is 14.8 Å². The van der Waals surface area contributed by atoms with Gasteiger partial charge in [0.2, 0.25) is 0 Å². The van der Waals surface area contributed by atoms with Gasteiger partial charge in [0.05, 0.1) is 11.6 Å². The lowest BCUT2D eigenvalue weighted by Gasteiger charge is -2.29. The molecule has 1 aromatic carbocycles. The highest BCUT2D eigenvalue weighted by Crippen LogP contribution is 2.36. The van der Waals surface area contributed by atoms with Crippen LogP contribution in [0.4, 0.5) is 0 Å². The van der Waals surface area contributed by atoms with Crippen molar-refractivity contribution < 1.29 is 9.59 Å². The molecule has 5 heteroatoms. The largest absolute Gasteiger partial charge is 0.356 e. The summed E-state index contributed by atoms with van der Waals surface area (Å²) >= 11 is 0.